The van der Waals surface area contributed by atoms with Crippen LogP contribution in [-0.4, -0.2) is 19.6 Å². The molecule has 0 radical (unpaired) electrons. The first-order valence-corrected chi connectivity index (χ1v) is 6.68. The first kappa shape index (κ1) is 13.0. The van der Waals surface area contributed by atoms with Gasteiger partial charge in [-0.3, -0.25) is 0 Å². The van der Waals surface area contributed by atoms with Crippen molar-refractivity contribution < 1.29 is 0 Å². The summed E-state index contributed by atoms with van der Waals surface area (Å²) in [7, 11) is 0. The Kier molecular flexibility index (Phi) is 6.26. The average molecular weight is 212 g/mol. The number of unbranched alkanes of at least 4 members (excludes halogenated alkanes) is 3. The van der Waals surface area contributed by atoms with E-state index in [4.69, 9.17) is 5.73 Å². The van der Waals surface area contributed by atoms with Crippen molar-refractivity contribution in [3.63, 3.8) is 0 Å². The van der Waals surface area contributed by atoms with Gasteiger partial charge in [-0.2, -0.15) is 0 Å². The average Bonchev–Trinajstić information content (AvgIpc) is 2.64. The Hall–Kier alpha value is -0.0800. The molecule has 0 aromatic heterocycles. The summed E-state index contributed by atoms with van der Waals surface area (Å²) in [6.45, 7) is 5.71. The van der Waals surface area contributed by atoms with Gasteiger partial charge in [-0.15, -0.1) is 0 Å². The lowest BCUT2D eigenvalue weighted by Crippen LogP contribution is -2.30. The van der Waals surface area contributed by atoms with Crippen LogP contribution < -0.4 is 11.1 Å². The predicted molar refractivity (Wildman–Crippen MR) is 67.0 cm³/mol. The molecule has 0 atom stereocenters. The van der Waals surface area contributed by atoms with Crippen molar-refractivity contribution in [1.29, 1.82) is 0 Å². The van der Waals surface area contributed by atoms with E-state index in [2.05, 4.69) is 12.2 Å². The molecule has 0 bridgehead atoms. The van der Waals surface area contributed by atoms with Crippen LogP contribution in [0.2, 0.25) is 0 Å². The maximum atomic E-state index is 5.45. The molecule has 3 N–H and O–H groups in total. The molecule has 0 heterocycles. The van der Waals surface area contributed by atoms with E-state index in [0.717, 1.165) is 6.54 Å². The molecular formula is C13H28N2. The predicted octanol–water partition coefficient (Wildman–Crippen LogP) is 2.68. The van der Waals surface area contributed by atoms with E-state index in [0.29, 0.717) is 5.41 Å². The van der Waals surface area contributed by atoms with Gasteiger partial charge in [-0.25, -0.2) is 0 Å². The SMILES string of the molecule is CC1(CNCCCCCCN)CCCC1. The van der Waals surface area contributed by atoms with Crippen LogP contribution in [0.15, 0.2) is 0 Å². The van der Waals surface area contributed by atoms with E-state index < -0.39 is 0 Å². The molecule has 1 aliphatic carbocycles. The highest BCUT2D eigenvalue weighted by Crippen LogP contribution is 2.36. The van der Waals surface area contributed by atoms with E-state index in [1.807, 2.05) is 0 Å². The second kappa shape index (κ2) is 7.24. The first-order valence-electron chi connectivity index (χ1n) is 6.68. The van der Waals surface area contributed by atoms with E-state index in [-0.39, 0.29) is 0 Å². The summed E-state index contributed by atoms with van der Waals surface area (Å²) in [4.78, 5) is 0. The summed E-state index contributed by atoms with van der Waals surface area (Å²) in [6, 6.07) is 0. The summed E-state index contributed by atoms with van der Waals surface area (Å²) >= 11 is 0. The minimum atomic E-state index is 0.608. The molecule has 0 amide bonds. The lowest BCUT2D eigenvalue weighted by atomic mass is 9.89. The molecule has 15 heavy (non-hydrogen) atoms. The third kappa shape index (κ3) is 5.53. The molecule has 0 aromatic carbocycles. The van der Waals surface area contributed by atoms with Crippen LogP contribution in [0.3, 0.4) is 0 Å². The Balaban J connectivity index is 1.88. The smallest absolute Gasteiger partial charge is 0.000516 e. The van der Waals surface area contributed by atoms with Crippen LogP contribution in [0.1, 0.15) is 58.3 Å². The topological polar surface area (TPSA) is 38.0 Å². The summed E-state index contributed by atoms with van der Waals surface area (Å²) in [5.74, 6) is 0. The van der Waals surface area contributed by atoms with Gasteiger partial charge in [0.25, 0.3) is 0 Å². The maximum absolute atomic E-state index is 5.45. The van der Waals surface area contributed by atoms with Crippen LogP contribution in [0.25, 0.3) is 0 Å². The molecule has 0 aromatic rings. The van der Waals surface area contributed by atoms with Gasteiger partial charge in [-0.05, 0) is 44.2 Å². The Morgan fingerprint density at radius 2 is 1.73 bits per heavy atom. The van der Waals surface area contributed by atoms with Crippen LogP contribution in [-0.2, 0) is 0 Å². The van der Waals surface area contributed by atoms with Gasteiger partial charge >= 0.3 is 0 Å². The van der Waals surface area contributed by atoms with Crippen molar-refractivity contribution >= 4 is 0 Å². The zero-order valence-corrected chi connectivity index (χ0v) is 10.4. The van der Waals surface area contributed by atoms with Crippen molar-refractivity contribution in [3.8, 4) is 0 Å². The Labute approximate surface area is 95.0 Å². The molecule has 90 valence electrons. The maximum Gasteiger partial charge on any atom is 0.000516 e. The van der Waals surface area contributed by atoms with Crippen molar-refractivity contribution in [2.75, 3.05) is 19.6 Å². The molecule has 1 saturated carbocycles. The van der Waals surface area contributed by atoms with Gasteiger partial charge in [0.2, 0.25) is 0 Å². The lowest BCUT2D eigenvalue weighted by molar-refractivity contribution is 0.314. The van der Waals surface area contributed by atoms with Crippen LogP contribution in [0.5, 0.6) is 0 Å². The van der Waals surface area contributed by atoms with Gasteiger partial charge in [0.05, 0.1) is 0 Å². The van der Waals surface area contributed by atoms with Gasteiger partial charge in [0.15, 0.2) is 0 Å². The van der Waals surface area contributed by atoms with Crippen molar-refractivity contribution in [3.05, 3.63) is 0 Å². The van der Waals surface area contributed by atoms with Gasteiger partial charge in [-0.1, -0.05) is 32.6 Å². The Morgan fingerprint density at radius 1 is 1.07 bits per heavy atom. The number of hydrogen-bond acceptors (Lipinski definition) is 2. The van der Waals surface area contributed by atoms with E-state index >= 15 is 0 Å². The monoisotopic (exact) mass is 212 g/mol. The fourth-order valence-electron chi connectivity index (χ4n) is 2.54. The second-order valence-corrected chi connectivity index (χ2v) is 5.40. The molecule has 2 heteroatoms. The molecule has 1 fully saturated rings. The summed E-state index contributed by atoms with van der Waals surface area (Å²) in [5, 5.41) is 3.61. The molecule has 0 aliphatic heterocycles. The van der Waals surface area contributed by atoms with Crippen molar-refractivity contribution in [2.24, 2.45) is 11.1 Å². The molecule has 0 spiro atoms. The summed E-state index contributed by atoms with van der Waals surface area (Å²) in [6.07, 6.45) is 10.9. The molecule has 0 saturated heterocycles. The number of nitrogens with two attached hydrogens (primary N) is 1. The standard InChI is InChI=1S/C13H28N2/c1-13(8-4-5-9-13)12-15-11-7-3-2-6-10-14/h15H,2-12,14H2,1H3. The molecular weight excluding hydrogens is 184 g/mol. The quantitative estimate of drug-likeness (QED) is 0.607. The highest BCUT2D eigenvalue weighted by molar-refractivity contribution is 4.82. The number of rotatable bonds is 8. The zero-order chi connectivity index (χ0) is 11.0. The van der Waals surface area contributed by atoms with E-state index in [1.54, 1.807) is 0 Å². The van der Waals surface area contributed by atoms with Crippen molar-refractivity contribution in [1.82, 2.24) is 5.32 Å². The third-order valence-electron chi connectivity index (χ3n) is 3.67. The molecule has 0 unspecified atom stereocenters. The van der Waals surface area contributed by atoms with Gasteiger partial charge < -0.3 is 11.1 Å². The van der Waals surface area contributed by atoms with Gasteiger partial charge in [0, 0.05) is 6.54 Å². The lowest BCUT2D eigenvalue weighted by Gasteiger charge is -2.23. The van der Waals surface area contributed by atoms with Crippen LogP contribution in [0, 0.1) is 5.41 Å². The summed E-state index contributed by atoms with van der Waals surface area (Å²) in [5.41, 5.74) is 6.06. The normalized spacial score (nSPS) is 19.6. The van der Waals surface area contributed by atoms with E-state index in [9.17, 15) is 0 Å². The van der Waals surface area contributed by atoms with Crippen LogP contribution >= 0.6 is 0 Å². The third-order valence-corrected chi connectivity index (χ3v) is 3.67. The minimum absolute atomic E-state index is 0.608. The highest BCUT2D eigenvalue weighted by Gasteiger charge is 2.27. The Morgan fingerprint density at radius 3 is 2.40 bits per heavy atom. The largest absolute Gasteiger partial charge is 0.330 e. The zero-order valence-electron chi connectivity index (χ0n) is 10.4. The molecule has 2 nitrogen and oxygen atoms in total. The summed E-state index contributed by atoms with van der Waals surface area (Å²) < 4.78 is 0. The fourth-order valence-corrected chi connectivity index (χ4v) is 2.54. The second-order valence-electron chi connectivity index (χ2n) is 5.40. The minimum Gasteiger partial charge on any atom is -0.330 e. The first-order chi connectivity index (χ1) is 7.27. The molecule has 1 aliphatic rings. The number of nitrogens with one attached hydrogen (secondary N) is 1. The highest BCUT2D eigenvalue weighted by atomic mass is 14.9. The van der Waals surface area contributed by atoms with Crippen molar-refractivity contribution in [2.45, 2.75) is 58.3 Å². The molecule has 1 rings (SSSR count). The fraction of sp³-hybridized carbons (Fsp3) is 1.00. The number of hydrogen-bond donors (Lipinski definition) is 2. The Bertz CT molecular complexity index is 151. The van der Waals surface area contributed by atoms with Gasteiger partial charge in [0.1, 0.15) is 0 Å². The van der Waals surface area contributed by atoms with Crippen LogP contribution in [0.4, 0.5) is 0 Å². The van der Waals surface area contributed by atoms with E-state index in [1.165, 1.54) is 64.5 Å².